The molecular weight excluding hydrogens is 677 g/mol. The Balaban J connectivity index is 1.24. The molecule has 4 aromatic rings. The number of nitrogens with zero attached hydrogens (tertiary/aromatic N) is 6. The quantitative estimate of drug-likeness (QED) is 0.227. The maximum absolute atomic E-state index is 17.2. The number of nitrogens with one attached hydrogen (secondary N) is 1. The van der Waals surface area contributed by atoms with Crippen LogP contribution in [0.2, 0.25) is 5.02 Å². The van der Waals surface area contributed by atoms with Crippen molar-refractivity contribution in [3.63, 3.8) is 0 Å². The molecule has 4 aliphatic rings. The van der Waals surface area contributed by atoms with Crippen LogP contribution in [-0.2, 0) is 9.47 Å². The van der Waals surface area contributed by atoms with E-state index in [0.29, 0.717) is 71.3 Å². The van der Waals surface area contributed by atoms with Gasteiger partial charge in [0.2, 0.25) is 5.88 Å². The molecule has 5 heterocycles. The highest BCUT2D eigenvalue weighted by Gasteiger charge is 2.53. The number of aryl methyl sites for hydroxylation is 1. The van der Waals surface area contributed by atoms with Crippen LogP contribution in [0.3, 0.4) is 0 Å². The maximum atomic E-state index is 17.2. The van der Waals surface area contributed by atoms with Crippen LogP contribution in [0, 0.1) is 18.2 Å². The molecule has 0 radical (unpaired) electrons. The number of pyridine rings is 1. The minimum Gasteiger partial charge on any atom is -0.480 e. The zero-order chi connectivity index (χ0) is 35.7. The third-order valence-corrected chi connectivity index (χ3v) is 12.3. The molecule has 2 aliphatic heterocycles. The first-order valence-corrected chi connectivity index (χ1v) is 18.5. The van der Waals surface area contributed by atoms with Crippen LogP contribution in [0.4, 0.5) is 10.2 Å². The number of β-amino-alcohol motifs (C(OH)–C–C–N with tert-alkyl or cyclic N) is 1. The molecule has 0 amide bonds. The van der Waals surface area contributed by atoms with Crippen LogP contribution in [0.5, 0.6) is 11.9 Å². The SMILES string of the molecule is COc1nc(-c2c(Cl)c(C)cc3[nH]ncc23)c(F)c2nc(OCC34CCCC3N(C3CC(OC)C3)C(C)CC4)nc(N3CCOCC(C)(O)C3)c12. The molecule has 2 aliphatic carbocycles. The Morgan fingerprint density at radius 2 is 2.00 bits per heavy atom. The number of H-pyrrole nitrogens is 1. The van der Waals surface area contributed by atoms with Crippen molar-refractivity contribution in [3.05, 3.63) is 28.7 Å². The Hall–Kier alpha value is -3.36. The molecule has 0 spiro atoms. The van der Waals surface area contributed by atoms with Crippen LogP contribution in [0.25, 0.3) is 33.1 Å². The Morgan fingerprint density at radius 1 is 1.18 bits per heavy atom. The summed E-state index contributed by atoms with van der Waals surface area (Å²) in [6.07, 6.45) is 9.49. The Kier molecular flexibility index (Phi) is 9.02. The van der Waals surface area contributed by atoms with E-state index in [4.69, 9.17) is 45.5 Å². The van der Waals surface area contributed by atoms with Gasteiger partial charge in [-0.05, 0) is 70.9 Å². The molecule has 12 nitrogen and oxygen atoms in total. The average Bonchev–Trinajstić information content (AvgIpc) is 3.69. The molecule has 4 atom stereocenters. The van der Waals surface area contributed by atoms with Crippen molar-refractivity contribution in [3.8, 4) is 23.1 Å². The van der Waals surface area contributed by atoms with Crippen molar-refractivity contribution in [2.45, 2.75) is 95.5 Å². The number of likely N-dealkylation sites (tertiary alicyclic amines) is 1. The van der Waals surface area contributed by atoms with E-state index in [2.05, 4.69) is 22.0 Å². The number of ether oxygens (including phenoxy) is 4. The van der Waals surface area contributed by atoms with E-state index in [0.717, 1.165) is 50.5 Å². The van der Waals surface area contributed by atoms with Gasteiger partial charge < -0.3 is 29.0 Å². The molecule has 4 fully saturated rings. The smallest absolute Gasteiger partial charge is 0.319 e. The fourth-order valence-electron chi connectivity index (χ4n) is 9.19. The van der Waals surface area contributed by atoms with Gasteiger partial charge in [0.15, 0.2) is 5.82 Å². The minimum atomic E-state index is -1.18. The van der Waals surface area contributed by atoms with Crippen molar-refractivity contribution < 1.29 is 28.4 Å². The van der Waals surface area contributed by atoms with Gasteiger partial charge in [0.25, 0.3) is 0 Å². The number of piperidine rings is 1. The molecular formula is C37H47ClFN7O5. The van der Waals surface area contributed by atoms with E-state index in [9.17, 15) is 5.11 Å². The fourth-order valence-corrected chi connectivity index (χ4v) is 9.44. The zero-order valence-corrected chi connectivity index (χ0v) is 30.7. The summed E-state index contributed by atoms with van der Waals surface area (Å²) in [5, 5.41) is 19.6. The summed E-state index contributed by atoms with van der Waals surface area (Å²) < 4.78 is 41.1. The van der Waals surface area contributed by atoms with Gasteiger partial charge in [0.05, 0.1) is 56.3 Å². The van der Waals surface area contributed by atoms with Crippen LogP contribution in [0.15, 0.2) is 12.3 Å². The number of fused-ring (bicyclic) bond motifs is 3. The second-order valence-electron chi connectivity index (χ2n) is 15.4. The zero-order valence-electron chi connectivity index (χ0n) is 30.0. The molecule has 51 heavy (non-hydrogen) atoms. The lowest BCUT2D eigenvalue weighted by atomic mass is 9.71. The van der Waals surface area contributed by atoms with Crippen LogP contribution in [-0.4, -0.2) is 112 Å². The highest BCUT2D eigenvalue weighted by atomic mass is 35.5. The molecule has 1 aromatic carbocycles. The van der Waals surface area contributed by atoms with Gasteiger partial charge in [-0.1, -0.05) is 18.0 Å². The van der Waals surface area contributed by atoms with Crippen molar-refractivity contribution in [1.29, 1.82) is 0 Å². The lowest BCUT2D eigenvalue weighted by Crippen LogP contribution is -2.62. The van der Waals surface area contributed by atoms with Gasteiger partial charge >= 0.3 is 6.01 Å². The van der Waals surface area contributed by atoms with Crippen molar-refractivity contribution in [1.82, 2.24) is 30.0 Å². The number of rotatable bonds is 8. The number of aliphatic hydroxyl groups is 1. The summed E-state index contributed by atoms with van der Waals surface area (Å²) >= 11 is 6.87. The molecule has 0 bridgehead atoms. The first-order valence-electron chi connectivity index (χ1n) is 18.1. The van der Waals surface area contributed by atoms with Crippen LogP contribution in [0.1, 0.15) is 64.4 Å². The Bertz CT molecular complexity index is 1950. The average molecular weight is 724 g/mol. The number of aromatic amines is 1. The largest absolute Gasteiger partial charge is 0.480 e. The number of anilines is 1. The molecule has 4 unspecified atom stereocenters. The standard InChI is InChI=1S/C37H47ClFN7O5/c1-20-13-25-24(16-40-44-25)27(29(20)38)31-30(39)32-28(34(41-31)49-5)33(45-11-12-50-18-36(3,47)17-45)43-35(42-32)51-19-37-9-6-7-26(37)46(21(2)8-10-37)22-14-23(15-22)48-4/h13,16,21-23,26,47H,6-12,14-15,17-19H2,1-5H3,(H,40,44). The fraction of sp³-hybridized carbons (Fsp3) is 0.622. The van der Waals surface area contributed by atoms with Crippen molar-refractivity contribution >= 4 is 39.2 Å². The van der Waals surface area contributed by atoms with Gasteiger partial charge in [0.1, 0.15) is 28.0 Å². The molecule has 2 saturated heterocycles. The number of aromatic nitrogens is 5. The van der Waals surface area contributed by atoms with E-state index in [-0.39, 0.29) is 47.1 Å². The summed E-state index contributed by atoms with van der Waals surface area (Å²) in [5.74, 6) is -0.193. The molecule has 3 aromatic heterocycles. The third-order valence-electron chi connectivity index (χ3n) is 11.9. The van der Waals surface area contributed by atoms with E-state index < -0.39 is 11.4 Å². The second-order valence-corrected chi connectivity index (χ2v) is 15.8. The first-order chi connectivity index (χ1) is 24.5. The van der Waals surface area contributed by atoms with E-state index in [1.54, 1.807) is 20.2 Å². The first kappa shape index (κ1) is 34.7. The number of methoxy groups -OCH3 is 2. The van der Waals surface area contributed by atoms with Crippen molar-refractivity contribution in [2.75, 3.05) is 52.0 Å². The topological polar surface area (TPSA) is 131 Å². The summed E-state index contributed by atoms with van der Waals surface area (Å²) in [6, 6.07) is 3.33. The molecule has 274 valence electrons. The number of halogens is 2. The Morgan fingerprint density at radius 3 is 2.78 bits per heavy atom. The number of hydrogen-bond acceptors (Lipinski definition) is 11. The normalized spacial score (nSPS) is 30.0. The number of hydrogen-bond donors (Lipinski definition) is 2. The Labute approximate surface area is 302 Å². The highest BCUT2D eigenvalue weighted by molar-refractivity contribution is 6.35. The van der Waals surface area contributed by atoms with Crippen LogP contribution < -0.4 is 14.4 Å². The predicted octanol–water partition coefficient (Wildman–Crippen LogP) is 5.84. The summed E-state index contributed by atoms with van der Waals surface area (Å²) in [6.45, 7) is 7.42. The monoisotopic (exact) mass is 723 g/mol. The molecule has 2 saturated carbocycles. The summed E-state index contributed by atoms with van der Waals surface area (Å²) in [4.78, 5) is 19.0. The second kappa shape index (κ2) is 13.2. The summed E-state index contributed by atoms with van der Waals surface area (Å²) in [7, 11) is 3.29. The van der Waals surface area contributed by atoms with E-state index in [1.165, 1.54) is 7.11 Å². The van der Waals surface area contributed by atoms with Crippen molar-refractivity contribution in [2.24, 2.45) is 5.41 Å². The van der Waals surface area contributed by atoms with E-state index in [1.807, 2.05) is 17.9 Å². The maximum Gasteiger partial charge on any atom is 0.319 e. The lowest BCUT2D eigenvalue weighted by molar-refractivity contribution is -0.105. The lowest BCUT2D eigenvalue weighted by Gasteiger charge is -2.55. The summed E-state index contributed by atoms with van der Waals surface area (Å²) in [5.41, 5.74) is 0.569. The van der Waals surface area contributed by atoms with E-state index >= 15 is 4.39 Å². The molecule has 14 heteroatoms. The van der Waals surface area contributed by atoms with Gasteiger partial charge in [-0.25, -0.2) is 9.37 Å². The highest BCUT2D eigenvalue weighted by Crippen LogP contribution is 2.52. The number of benzene rings is 1. The molecule has 8 rings (SSSR count). The van der Waals surface area contributed by atoms with Gasteiger partial charge in [0, 0.05) is 48.1 Å². The molecule has 2 N–H and O–H groups in total. The minimum absolute atomic E-state index is 0.00434. The third kappa shape index (κ3) is 5.98. The van der Waals surface area contributed by atoms with Gasteiger partial charge in [-0.3, -0.25) is 10.00 Å². The van der Waals surface area contributed by atoms with Gasteiger partial charge in [-0.15, -0.1) is 0 Å². The predicted molar refractivity (Wildman–Crippen MR) is 192 cm³/mol. The van der Waals surface area contributed by atoms with Gasteiger partial charge in [-0.2, -0.15) is 15.1 Å². The van der Waals surface area contributed by atoms with Crippen LogP contribution >= 0.6 is 11.6 Å².